The molecule has 1 heterocycles. The van der Waals surface area contributed by atoms with Gasteiger partial charge in [-0.15, -0.1) is 0 Å². The molecule has 0 bridgehead atoms. The largest absolute Gasteiger partial charge is 0.478 e. The maximum absolute atomic E-state index is 12.5. The van der Waals surface area contributed by atoms with Gasteiger partial charge in [-0.3, -0.25) is 4.79 Å². The van der Waals surface area contributed by atoms with Crippen LogP contribution in [0.15, 0.2) is 59.7 Å². The van der Waals surface area contributed by atoms with Crippen molar-refractivity contribution in [2.24, 2.45) is 5.10 Å². The average Bonchev–Trinajstić information content (AvgIpc) is 2.88. The molecule has 3 N–H and O–H groups in total. The summed E-state index contributed by atoms with van der Waals surface area (Å²) >= 11 is 0. The van der Waals surface area contributed by atoms with E-state index >= 15 is 0 Å². The number of amides is 1. The quantitative estimate of drug-likeness (QED) is 0.732. The lowest BCUT2D eigenvalue weighted by atomic mass is 10.2. The second-order valence-electron chi connectivity index (χ2n) is 5.28. The Hall–Kier alpha value is -3.19. The highest BCUT2D eigenvalue weighted by Crippen LogP contribution is 2.20. The zero-order valence-electron chi connectivity index (χ0n) is 12.9. The Morgan fingerprint density at radius 2 is 1.79 bits per heavy atom. The highest BCUT2D eigenvalue weighted by molar-refractivity contribution is 6.18. The van der Waals surface area contributed by atoms with Gasteiger partial charge in [0, 0.05) is 0 Å². The summed E-state index contributed by atoms with van der Waals surface area (Å²) in [5, 5.41) is 14.8. The van der Waals surface area contributed by atoms with Gasteiger partial charge in [0.2, 0.25) is 0 Å². The number of carbonyl (C=O) groups excluding carboxylic acids is 1. The first kappa shape index (κ1) is 15.7. The van der Waals surface area contributed by atoms with Crippen LogP contribution in [-0.2, 0) is 4.79 Å². The number of nitrogens with one attached hydrogen (secondary N) is 2. The molecule has 1 aliphatic heterocycles. The number of carbonyl (C=O) groups is 2. The Labute approximate surface area is 138 Å². The summed E-state index contributed by atoms with van der Waals surface area (Å²) in [7, 11) is 0. The van der Waals surface area contributed by atoms with Crippen molar-refractivity contribution in [3.05, 3.63) is 60.2 Å². The lowest BCUT2D eigenvalue weighted by Gasteiger charge is -2.17. The third kappa shape index (κ3) is 2.97. The van der Waals surface area contributed by atoms with Crippen molar-refractivity contribution < 1.29 is 14.7 Å². The number of carboxylic acid groups (broad SMARTS) is 1. The molecule has 0 radical (unpaired) electrons. The van der Waals surface area contributed by atoms with Gasteiger partial charge in [-0.05, 0) is 31.2 Å². The van der Waals surface area contributed by atoms with Crippen LogP contribution in [0.5, 0.6) is 0 Å². The summed E-state index contributed by atoms with van der Waals surface area (Å²) in [4.78, 5) is 23.8. The zero-order valence-corrected chi connectivity index (χ0v) is 12.9. The topological polar surface area (TPSA) is 94.0 Å². The highest BCUT2D eigenvalue weighted by Gasteiger charge is 2.34. The van der Waals surface area contributed by atoms with E-state index in [1.165, 1.54) is 11.1 Å². The fraction of sp³-hybridized carbons (Fsp3) is 0.118. The molecule has 24 heavy (non-hydrogen) atoms. The SMILES string of the molecule is CC1=NN(c2ccccc2)C(=O)C1NNc1ccccc1C(=O)O. The fourth-order valence-corrected chi connectivity index (χ4v) is 2.41. The standard InChI is InChI=1S/C17H16N4O3/c1-11-15(16(22)21(20-11)12-7-3-2-4-8-12)19-18-14-10-6-5-9-13(14)17(23)24/h2-10,15,18-19H,1H3,(H,23,24). The Bertz CT molecular complexity index is 804. The number of hydrogen-bond donors (Lipinski definition) is 3. The molecule has 0 fully saturated rings. The molecule has 0 saturated carbocycles. The van der Waals surface area contributed by atoms with Gasteiger partial charge in [-0.2, -0.15) is 10.1 Å². The van der Waals surface area contributed by atoms with Crippen LogP contribution in [0.25, 0.3) is 0 Å². The normalized spacial score (nSPS) is 16.9. The number of hydrogen-bond acceptors (Lipinski definition) is 5. The van der Waals surface area contributed by atoms with Crippen molar-refractivity contribution in [3.8, 4) is 0 Å². The van der Waals surface area contributed by atoms with E-state index in [-0.39, 0.29) is 11.5 Å². The first-order valence-corrected chi connectivity index (χ1v) is 7.36. The minimum absolute atomic E-state index is 0.116. The molecule has 0 spiro atoms. The van der Waals surface area contributed by atoms with E-state index in [0.717, 1.165) is 0 Å². The molecule has 0 aliphatic carbocycles. The number of hydrazone groups is 1. The van der Waals surface area contributed by atoms with Gasteiger partial charge in [0.05, 0.1) is 22.6 Å². The van der Waals surface area contributed by atoms with E-state index in [0.29, 0.717) is 17.1 Å². The van der Waals surface area contributed by atoms with Gasteiger partial charge in [0.25, 0.3) is 5.91 Å². The molecule has 2 aromatic carbocycles. The van der Waals surface area contributed by atoms with Crippen molar-refractivity contribution in [3.63, 3.8) is 0 Å². The van der Waals surface area contributed by atoms with Crippen LogP contribution < -0.4 is 15.9 Å². The molecule has 122 valence electrons. The van der Waals surface area contributed by atoms with E-state index in [1.807, 2.05) is 18.2 Å². The van der Waals surface area contributed by atoms with E-state index in [9.17, 15) is 14.7 Å². The average molecular weight is 324 g/mol. The summed E-state index contributed by atoms with van der Waals surface area (Å²) in [6.07, 6.45) is 0. The smallest absolute Gasteiger partial charge is 0.337 e. The van der Waals surface area contributed by atoms with E-state index in [4.69, 9.17) is 0 Å². The summed E-state index contributed by atoms with van der Waals surface area (Å²) in [6, 6.07) is 14.9. The maximum atomic E-state index is 12.5. The van der Waals surface area contributed by atoms with Crippen molar-refractivity contribution in [2.75, 3.05) is 10.4 Å². The van der Waals surface area contributed by atoms with E-state index in [2.05, 4.69) is 16.0 Å². The van der Waals surface area contributed by atoms with Crippen LogP contribution in [0.3, 0.4) is 0 Å². The predicted octanol–water partition coefficient (Wildman–Crippen LogP) is 2.09. The molecule has 0 saturated heterocycles. The Balaban J connectivity index is 1.74. The van der Waals surface area contributed by atoms with Crippen LogP contribution in [0.1, 0.15) is 17.3 Å². The van der Waals surface area contributed by atoms with Gasteiger partial charge in [-0.25, -0.2) is 10.2 Å². The lowest BCUT2D eigenvalue weighted by molar-refractivity contribution is -0.118. The molecule has 7 nitrogen and oxygen atoms in total. The Morgan fingerprint density at radius 3 is 2.50 bits per heavy atom. The molecule has 1 atom stereocenters. The summed E-state index contributed by atoms with van der Waals surface area (Å²) in [6.45, 7) is 1.74. The van der Waals surface area contributed by atoms with Crippen LogP contribution in [-0.4, -0.2) is 28.7 Å². The van der Waals surface area contributed by atoms with Crippen LogP contribution >= 0.6 is 0 Å². The molecular formula is C17H16N4O3. The van der Waals surface area contributed by atoms with Crippen LogP contribution in [0.4, 0.5) is 11.4 Å². The molecule has 1 aliphatic rings. The number of carboxylic acids is 1. The van der Waals surface area contributed by atoms with Crippen molar-refractivity contribution >= 4 is 29.0 Å². The molecule has 7 heteroatoms. The van der Waals surface area contributed by atoms with Gasteiger partial charge in [-0.1, -0.05) is 30.3 Å². The molecular weight excluding hydrogens is 308 g/mol. The second kappa shape index (κ2) is 6.51. The Morgan fingerprint density at radius 1 is 1.12 bits per heavy atom. The number of benzene rings is 2. The minimum Gasteiger partial charge on any atom is -0.478 e. The first-order valence-electron chi connectivity index (χ1n) is 7.36. The lowest BCUT2D eigenvalue weighted by Crippen LogP contribution is -2.45. The number of para-hydroxylation sites is 2. The van der Waals surface area contributed by atoms with Crippen molar-refractivity contribution in [1.82, 2.24) is 5.43 Å². The number of hydrazine groups is 1. The van der Waals surface area contributed by atoms with Crippen molar-refractivity contribution in [1.29, 1.82) is 0 Å². The van der Waals surface area contributed by atoms with Crippen molar-refractivity contribution in [2.45, 2.75) is 13.0 Å². The predicted molar refractivity (Wildman–Crippen MR) is 91.0 cm³/mol. The van der Waals surface area contributed by atoms with Gasteiger partial charge < -0.3 is 10.5 Å². The number of rotatable bonds is 5. The van der Waals surface area contributed by atoms with Crippen LogP contribution in [0.2, 0.25) is 0 Å². The summed E-state index contributed by atoms with van der Waals surface area (Å²) in [5.41, 5.74) is 7.43. The molecule has 0 aromatic heterocycles. The minimum atomic E-state index is -1.05. The second-order valence-corrected chi connectivity index (χ2v) is 5.28. The molecule has 1 unspecified atom stereocenters. The first-order chi connectivity index (χ1) is 11.6. The van der Waals surface area contributed by atoms with Gasteiger partial charge >= 0.3 is 5.97 Å². The summed E-state index contributed by atoms with van der Waals surface area (Å²) in [5.74, 6) is -1.28. The molecule has 2 aromatic rings. The molecule has 3 rings (SSSR count). The van der Waals surface area contributed by atoms with Crippen LogP contribution in [0, 0.1) is 0 Å². The fourth-order valence-electron chi connectivity index (χ4n) is 2.41. The van der Waals surface area contributed by atoms with Gasteiger partial charge in [0.1, 0.15) is 6.04 Å². The number of aromatic carboxylic acids is 1. The monoisotopic (exact) mass is 324 g/mol. The van der Waals surface area contributed by atoms with Gasteiger partial charge in [0.15, 0.2) is 0 Å². The molecule has 1 amide bonds. The number of anilines is 2. The maximum Gasteiger partial charge on any atom is 0.337 e. The van der Waals surface area contributed by atoms with E-state index < -0.39 is 12.0 Å². The third-order valence-corrected chi connectivity index (χ3v) is 3.64. The summed E-state index contributed by atoms with van der Waals surface area (Å²) < 4.78 is 0. The number of nitrogens with zero attached hydrogens (tertiary/aromatic N) is 2. The van der Waals surface area contributed by atoms with E-state index in [1.54, 1.807) is 37.3 Å². The highest BCUT2D eigenvalue weighted by atomic mass is 16.4. The Kier molecular flexibility index (Phi) is 4.26. The zero-order chi connectivity index (χ0) is 17.1. The third-order valence-electron chi connectivity index (χ3n) is 3.64.